The average Bonchev–Trinajstić information content (AvgIpc) is 2.57. The van der Waals surface area contributed by atoms with Gasteiger partial charge in [0.15, 0.2) is 0 Å². The lowest BCUT2D eigenvalue weighted by Gasteiger charge is -2.17. The predicted octanol–water partition coefficient (Wildman–Crippen LogP) is 2.34. The molecule has 1 aromatic rings. The standard InChI is InChI=1S/C10H12FNOS/c1-13-5-4-12-7-14-10-3-2-8(11)6-9(10)12/h2-3,6H,4-5,7H2,1H3. The number of nitrogens with zero attached hydrogens (tertiary/aromatic N) is 1. The van der Waals surface area contributed by atoms with E-state index < -0.39 is 0 Å². The van der Waals surface area contributed by atoms with E-state index in [0.29, 0.717) is 6.61 Å². The van der Waals surface area contributed by atoms with Crippen molar-refractivity contribution in [2.45, 2.75) is 4.90 Å². The minimum atomic E-state index is -0.173. The van der Waals surface area contributed by atoms with Crippen molar-refractivity contribution in [2.24, 2.45) is 0 Å². The van der Waals surface area contributed by atoms with Gasteiger partial charge in [-0.2, -0.15) is 0 Å². The first kappa shape index (κ1) is 9.80. The molecule has 0 spiro atoms. The molecular weight excluding hydrogens is 201 g/mol. The second kappa shape index (κ2) is 4.19. The molecule has 0 fully saturated rings. The van der Waals surface area contributed by atoms with Crippen LogP contribution < -0.4 is 4.90 Å². The quantitative estimate of drug-likeness (QED) is 0.764. The Morgan fingerprint density at radius 1 is 1.57 bits per heavy atom. The Morgan fingerprint density at radius 2 is 2.43 bits per heavy atom. The molecule has 0 amide bonds. The number of fused-ring (bicyclic) bond motifs is 1. The fourth-order valence-electron chi connectivity index (χ4n) is 1.46. The lowest BCUT2D eigenvalue weighted by atomic mass is 10.3. The van der Waals surface area contributed by atoms with Gasteiger partial charge in [0.1, 0.15) is 5.82 Å². The summed E-state index contributed by atoms with van der Waals surface area (Å²) in [5.41, 5.74) is 0.993. The maximum Gasteiger partial charge on any atom is 0.125 e. The molecule has 0 radical (unpaired) electrons. The molecule has 0 aliphatic carbocycles. The number of anilines is 1. The first-order valence-corrected chi connectivity index (χ1v) is 5.46. The zero-order chi connectivity index (χ0) is 9.97. The highest BCUT2D eigenvalue weighted by Gasteiger charge is 2.19. The SMILES string of the molecule is COCCN1CSc2ccc(F)cc21. The molecule has 14 heavy (non-hydrogen) atoms. The molecule has 0 atom stereocenters. The molecule has 0 N–H and O–H groups in total. The number of hydrogen-bond donors (Lipinski definition) is 0. The molecule has 4 heteroatoms. The van der Waals surface area contributed by atoms with Crippen LogP contribution in [0.4, 0.5) is 10.1 Å². The van der Waals surface area contributed by atoms with Gasteiger partial charge < -0.3 is 9.64 Å². The number of benzene rings is 1. The summed E-state index contributed by atoms with van der Waals surface area (Å²) in [7, 11) is 1.68. The Balaban J connectivity index is 2.16. The van der Waals surface area contributed by atoms with Gasteiger partial charge in [-0.05, 0) is 18.2 Å². The summed E-state index contributed by atoms with van der Waals surface area (Å²) < 4.78 is 18.0. The highest BCUT2D eigenvalue weighted by molar-refractivity contribution is 7.99. The summed E-state index contributed by atoms with van der Waals surface area (Å²) in [6.07, 6.45) is 0. The second-order valence-electron chi connectivity index (χ2n) is 3.14. The Kier molecular flexibility index (Phi) is 2.93. The van der Waals surface area contributed by atoms with E-state index in [2.05, 4.69) is 4.90 Å². The Morgan fingerprint density at radius 3 is 3.21 bits per heavy atom. The van der Waals surface area contributed by atoms with Crippen LogP contribution in [0, 0.1) is 5.82 Å². The van der Waals surface area contributed by atoms with Crippen molar-refractivity contribution in [1.29, 1.82) is 0 Å². The number of halogens is 1. The molecule has 0 saturated heterocycles. The van der Waals surface area contributed by atoms with Crippen molar-refractivity contribution in [3.63, 3.8) is 0 Å². The Bertz CT molecular complexity index is 332. The zero-order valence-corrected chi connectivity index (χ0v) is 8.81. The molecule has 0 unspecified atom stereocenters. The maximum absolute atomic E-state index is 13.0. The van der Waals surface area contributed by atoms with E-state index in [4.69, 9.17) is 4.74 Å². The first-order valence-electron chi connectivity index (χ1n) is 4.47. The maximum atomic E-state index is 13.0. The fourth-order valence-corrected chi connectivity index (χ4v) is 2.53. The van der Waals surface area contributed by atoms with Crippen LogP contribution in [0.25, 0.3) is 0 Å². The Hall–Kier alpha value is -0.740. The van der Waals surface area contributed by atoms with Crippen LogP contribution in [-0.2, 0) is 4.74 Å². The van der Waals surface area contributed by atoms with Gasteiger partial charge in [0.2, 0.25) is 0 Å². The number of rotatable bonds is 3. The molecular formula is C10H12FNOS. The van der Waals surface area contributed by atoms with Crippen molar-refractivity contribution >= 4 is 17.4 Å². The highest BCUT2D eigenvalue weighted by Crippen LogP contribution is 2.38. The van der Waals surface area contributed by atoms with Crippen LogP contribution in [0.15, 0.2) is 23.1 Å². The largest absolute Gasteiger partial charge is 0.383 e. The third-order valence-electron chi connectivity index (χ3n) is 2.20. The third kappa shape index (κ3) is 1.86. The summed E-state index contributed by atoms with van der Waals surface area (Å²) in [4.78, 5) is 3.29. The van der Waals surface area contributed by atoms with E-state index in [9.17, 15) is 4.39 Å². The normalized spacial score (nSPS) is 14.6. The molecule has 2 nitrogen and oxygen atoms in total. The van der Waals surface area contributed by atoms with Crippen LogP contribution >= 0.6 is 11.8 Å². The summed E-state index contributed by atoms with van der Waals surface area (Å²) in [5, 5.41) is 0. The monoisotopic (exact) mass is 213 g/mol. The van der Waals surface area contributed by atoms with Crippen LogP contribution in [0.5, 0.6) is 0 Å². The molecule has 1 heterocycles. The van der Waals surface area contributed by atoms with Crippen LogP contribution in [0.2, 0.25) is 0 Å². The van der Waals surface area contributed by atoms with E-state index >= 15 is 0 Å². The molecule has 2 rings (SSSR count). The average molecular weight is 213 g/mol. The minimum absolute atomic E-state index is 0.173. The van der Waals surface area contributed by atoms with Gasteiger partial charge in [-0.1, -0.05) is 0 Å². The minimum Gasteiger partial charge on any atom is -0.383 e. The summed E-state index contributed by atoms with van der Waals surface area (Å²) in [6.45, 7) is 1.50. The molecule has 0 bridgehead atoms. The van der Waals surface area contributed by atoms with Crippen LogP contribution in [0.3, 0.4) is 0 Å². The molecule has 76 valence electrons. The second-order valence-corrected chi connectivity index (χ2v) is 4.13. The van der Waals surface area contributed by atoms with Gasteiger partial charge in [0.25, 0.3) is 0 Å². The van der Waals surface area contributed by atoms with E-state index in [0.717, 1.165) is 23.0 Å². The van der Waals surface area contributed by atoms with E-state index in [1.807, 2.05) is 6.07 Å². The van der Waals surface area contributed by atoms with Gasteiger partial charge in [0, 0.05) is 18.6 Å². The highest BCUT2D eigenvalue weighted by atomic mass is 32.2. The van der Waals surface area contributed by atoms with Gasteiger partial charge >= 0.3 is 0 Å². The molecule has 1 aliphatic heterocycles. The zero-order valence-electron chi connectivity index (χ0n) is 8.00. The van der Waals surface area contributed by atoms with Crippen molar-refractivity contribution in [3.8, 4) is 0 Å². The predicted molar refractivity (Wildman–Crippen MR) is 56.3 cm³/mol. The van der Waals surface area contributed by atoms with Gasteiger partial charge in [-0.3, -0.25) is 0 Å². The summed E-state index contributed by atoms with van der Waals surface area (Å²) in [5.74, 6) is 0.718. The number of hydrogen-bond acceptors (Lipinski definition) is 3. The Labute approximate surface area is 87.0 Å². The number of thioether (sulfide) groups is 1. The fraction of sp³-hybridized carbons (Fsp3) is 0.400. The van der Waals surface area contributed by atoms with E-state index in [1.54, 1.807) is 24.9 Å². The van der Waals surface area contributed by atoms with Crippen LogP contribution in [0.1, 0.15) is 0 Å². The number of methoxy groups -OCH3 is 1. The topological polar surface area (TPSA) is 12.5 Å². The van der Waals surface area contributed by atoms with Crippen molar-refractivity contribution in [2.75, 3.05) is 31.0 Å². The van der Waals surface area contributed by atoms with E-state index in [1.165, 1.54) is 6.07 Å². The van der Waals surface area contributed by atoms with Gasteiger partial charge in [-0.25, -0.2) is 4.39 Å². The van der Waals surface area contributed by atoms with Gasteiger partial charge in [0.05, 0.1) is 18.2 Å². The molecule has 0 aromatic heterocycles. The molecule has 1 aromatic carbocycles. The first-order chi connectivity index (χ1) is 6.81. The van der Waals surface area contributed by atoms with Crippen molar-refractivity contribution in [3.05, 3.63) is 24.0 Å². The number of ether oxygens (including phenoxy) is 1. The van der Waals surface area contributed by atoms with Crippen molar-refractivity contribution < 1.29 is 9.13 Å². The third-order valence-corrected chi connectivity index (χ3v) is 3.30. The van der Waals surface area contributed by atoms with Crippen molar-refractivity contribution in [1.82, 2.24) is 0 Å². The smallest absolute Gasteiger partial charge is 0.125 e. The lowest BCUT2D eigenvalue weighted by molar-refractivity contribution is 0.206. The summed E-state index contributed by atoms with van der Waals surface area (Å²) >= 11 is 1.74. The van der Waals surface area contributed by atoms with Crippen LogP contribution in [-0.4, -0.2) is 26.1 Å². The lowest BCUT2D eigenvalue weighted by Crippen LogP contribution is -2.23. The summed E-state index contributed by atoms with van der Waals surface area (Å²) in [6, 6.07) is 4.93. The van der Waals surface area contributed by atoms with E-state index in [-0.39, 0.29) is 5.82 Å². The molecule has 0 saturated carbocycles. The van der Waals surface area contributed by atoms with Gasteiger partial charge in [-0.15, -0.1) is 11.8 Å². The molecule has 1 aliphatic rings.